The zero-order valence-electron chi connectivity index (χ0n) is 16.9. The summed E-state index contributed by atoms with van der Waals surface area (Å²) in [7, 11) is 8.92. The van der Waals surface area contributed by atoms with Gasteiger partial charge in [0.15, 0.2) is 17.3 Å². The molecule has 0 aromatic heterocycles. The topological polar surface area (TPSA) is 60.4 Å². The molecular formula is C21H31NO5. The Kier molecular flexibility index (Phi) is 4.66. The number of ether oxygens (including phenoxy) is 4. The van der Waals surface area contributed by atoms with E-state index in [2.05, 4.69) is 18.0 Å². The van der Waals surface area contributed by atoms with Gasteiger partial charge < -0.3 is 29.0 Å². The Balaban J connectivity index is 1.91. The van der Waals surface area contributed by atoms with Crippen LogP contribution in [0.15, 0.2) is 12.1 Å². The second kappa shape index (κ2) is 6.62. The number of rotatable bonds is 4. The Hall–Kier alpha value is -1.34. The molecule has 6 nitrogen and oxygen atoms in total. The van der Waals surface area contributed by atoms with Crippen molar-refractivity contribution in [2.75, 3.05) is 42.0 Å². The molecular weight excluding hydrogens is 346 g/mol. The number of likely N-dealkylation sites (tertiary alicyclic amines) is 1. The molecule has 1 saturated carbocycles. The van der Waals surface area contributed by atoms with Gasteiger partial charge in [0.25, 0.3) is 0 Å². The summed E-state index contributed by atoms with van der Waals surface area (Å²) in [5.74, 6) is 0.391. The summed E-state index contributed by atoms with van der Waals surface area (Å²) in [6, 6.07) is 4.39. The van der Waals surface area contributed by atoms with E-state index in [-0.39, 0.29) is 11.5 Å². The van der Waals surface area contributed by atoms with Crippen LogP contribution >= 0.6 is 0 Å². The number of piperidine rings is 1. The van der Waals surface area contributed by atoms with Crippen molar-refractivity contribution >= 4 is 0 Å². The van der Waals surface area contributed by atoms with Crippen molar-refractivity contribution in [1.29, 1.82) is 0 Å². The first-order valence-corrected chi connectivity index (χ1v) is 9.69. The van der Waals surface area contributed by atoms with Gasteiger partial charge in [-0.3, -0.25) is 0 Å². The van der Waals surface area contributed by atoms with E-state index in [1.54, 1.807) is 28.4 Å². The van der Waals surface area contributed by atoms with Crippen molar-refractivity contribution < 1.29 is 24.1 Å². The lowest BCUT2D eigenvalue weighted by atomic mass is 9.50. The van der Waals surface area contributed by atoms with E-state index in [9.17, 15) is 5.11 Å². The highest BCUT2D eigenvalue weighted by Gasteiger charge is 2.63. The van der Waals surface area contributed by atoms with Gasteiger partial charge in [0, 0.05) is 44.8 Å². The first-order valence-electron chi connectivity index (χ1n) is 9.69. The fraction of sp³-hybridized carbons (Fsp3) is 0.714. The Morgan fingerprint density at radius 2 is 1.85 bits per heavy atom. The Morgan fingerprint density at radius 1 is 1.11 bits per heavy atom. The van der Waals surface area contributed by atoms with Gasteiger partial charge >= 0.3 is 0 Å². The van der Waals surface area contributed by atoms with Crippen molar-refractivity contribution in [3.63, 3.8) is 0 Å². The van der Waals surface area contributed by atoms with Crippen LogP contribution < -0.4 is 4.74 Å². The van der Waals surface area contributed by atoms with E-state index in [0.717, 1.165) is 37.8 Å². The van der Waals surface area contributed by atoms with Crippen LogP contribution in [0, 0.1) is 5.92 Å². The van der Waals surface area contributed by atoms with Gasteiger partial charge in [-0.2, -0.15) is 0 Å². The third-order valence-corrected chi connectivity index (χ3v) is 7.55. The summed E-state index contributed by atoms with van der Waals surface area (Å²) in [6.07, 6.45) is 3.18. The highest BCUT2D eigenvalue weighted by molar-refractivity contribution is 5.56. The van der Waals surface area contributed by atoms with Crippen LogP contribution in [0.25, 0.3) is 0 Å². The minimum atomic E-state index is -0.759. The molecule has 0 spiro atoms. The molecule has 150 valence electrons. The number of likely N-dealkylation sites (N-methyl/N-ethyl adjacent to an activating group) is 1. The SMILES string of the molecule is COc1ccc2c(c1O)[C@@]13CCN(C)C(C2)C1CC(OC)(OC)C(OC)C3. The van der Waals surface area contributed by atoms with E-state index in [1.165, 1.54) is 5.56 Å². The molecule has 4 atom stereocenters. The average Bonchev–Trinajstić information content (AvgIpc) is 2.69. The van der Waals surface area contributed by atoms with Crippen LogP contribution in [0.2, 0.25) is 0 Å². The Morgan fingerprint density at radius 3 is 2.48 bits per heavy atom. The summed E-state index contributed by atoms with van der Waals surface area (Å²) < 4.78 is 23.1. The maximum absolute atomic E-state index is 11.1. The number of benzene rings is 1. The highest BCUT2D eigenvalue weighted by Crippen LogP contribution is 2.61. The molecule has 4 rings (SSSR count). The molecule has 1 heterocycles. The van der Waals surface area contributed by atoms with E-state index in [0.29, 0.717) is 23.5 Å². The number of phenolic OH excluding ortho intramolecular Hbond substituents is 1. The first-order chi connectivity index (χ1) is 13.0. The molecule has 1 aromatic carbocycles. The molecule has 27 heavy (non-hydrogen) atoms. The van der Waals surface area contributed by atoms with Crippen LogP contribution in [0.1, 0.15) is 30.4 Å². The third kappa shape index (κ3) is 2.47. The molecule has 1 aliphatic heterocycles. The maximum atomic E-state index is 11.1. The molecule has 1 saturated heterocycles. The number of phenols is 1. The van der Waals surface area contributed by atoms with Crippen LogP contribution in [0.3, 0.4) is 0 Å². The van der Waals surface area contributed by atoms with E-state index in [4.69, 9.17) is 18.9 Å². The largest absolute Gasteiger partial charge is 0.504 e. The van der Waals surface area contributed by atoms with Crippen LogP contribution in [0.4, 0.5) is 0 Å². The average molecular weight is 377 g/mol. The summed E-state index contributed by atoms with van der Waals surface area (Å²) in [4.78, 5) is 2.45. The van der Waals surface area contributed by atoms with Gasteiger partial charge in [0.1, 0.15) is 6.10 Å². The zero-order chi connectivity index (χ0) is 19.4. The van der Waals surface area contributed by atoms with Crippen LogP contribution in [-0.2, 0) is 26.0 Å². The molecule has 2 bridgehead atoms. The van der Waals surface area contributed by atoms with E-state index in [1.807, 2.05) is 6.07 Å². The van der Waals surface area contributed by atoms with Gasteiger partial charge in [0.05, 0.1) is 7.11 Å². The summed E-state index contributed by atoms with van der Waals surface area (Å²) in [5, 5.41) is 11.1. The second-order valence-electron chi connectivity index (χ2n) is 8.27. The molecule has 0 amide bonds. The predicted molar refractivity (Wildman–Crippen MR) is 101 cm³/mol. The van der Waals surface area contributed by atoms with E-state index < -0.39 is 5.79 Å². The lowest BCUT2D eigenvalue weighted by molar-refractivity contribution is -0.302. The van der Waals surface area contributed by atoms with Gasteiger partial charge in [-0.25, -0.2) is 0 Å². The molecule has 3 unspecified atom stereocenters. The molecule has 1 aromatic rings. The fourth-order valence-electron chi connectivity index (χ4n) is 6.13. The van der Waals surface area contributed by atoms with Crippen molar-refractivity contribution in [3.8, 4) is 11.5 Å². The zero-order valence-corrected chi connectivity index (χ0v) is 16.9. The van der Waals surface area contributed by atoms with Gasteiger partial charge in [0.2, 0.25) is 0 Å². The van der Waals surface area contributed by atoms with E-state index >= 15 is 0 Å². The number of hydrogen-bond donors (Lipinski definition) is 1. The lowest BCUT2D eigenvalue weighted by Crippen LogP contribution is -2.67. The summed E-state index contributed by atoms with van der Waals surface area (Å²) in [5.41, 5.74) is 2.11. The standard InChI is InChI=1S/C21H31NO5/c1-22-9-8-20-12-17(25-3)21(26-4,27-5)11-14(20)15(22)10-13-6-7-16(24-2)19(23)18(13)20/h6-7,14-15,17,23H,8-12H2,1-5H3/t14?,15?,17?,20-/m1/s1. The van der Waals surface area contributed by atoms with Crippen molar-refractivity contribution in [1.82, 2.24) is 4.90 Å². The Bertz CT molecular complexity index is 719. The summed E-state index contributed by atoms with van der Waals surface area (Å²) in [6.45, 7) is 1.00. The molecule has 3 aliphatic rings. The normalized spacial score (nSPS) is 34.6. The Labute approximate surface area is 161 Å². The fourth-order valence-corrected chi connectivity index (χ4v) is 6.13. The van der Waals surface area contributed by atoms with Crippen LogP contribution in [-0.4, -0.2) is 70.0 Å². The number of nitrogens with zero attached hydrogens (tertiary/aromatic N) is 1. The summed E-state index contributed by atoms with van der Waals surface area (Å²) >= 11 is 0. The molecule has 2 fully saturated rings. The number of methoxy groups -OCH3 is 4. The molecule has 6 heteroatoms. The van der Waals surface area contributed by atoms with Gasteiger partial charge in [-0.1, -0.05) is 6.07 Å². The highest BCUT2D eigenvalue weighted by atomic mass is 16.7. The number of fused-ring (bicyclic) bond motifs is 1. The maximum Gasteiger partial charge on any atom is 0.194 e. The van der Waals surface area contributed by atoms with Gasteiger partial charge in [-0.15, -0.1) is 0 Å². The lowest BCUT2D eigenvalue weighted by Gasteiger charge is -2.62. The smallest absolute Gasteiger partial charge is 0.194 e. The minimum Gasteiger partial charge on any atom is -0.504 e. The number of hydrogen-bond acceptors (Lipinski definition) is 6. The first kappa shape index (κ1) is 19.0. The molecule has 2 aliphatic carbocycles. The van der Waals surface area contributed by atoms with Gasteiger partial charge in [-0.05, 0) is 50.4 Å². The molecule has 1 N–H and O–H groups in total. The molecule has 0 radical (unpaired) electrons. The predicted octanol–water partition coefficient (Wildman–Crippen LogP) is 2.31. The second-order valence-corrected chi connectivity index (χ2v) is 8.27. The van der Waals surface area contributed by atoms with Crippen molar-refractivity contribution in [2.24, 2.45) is 5.92 Å². The van der Waals surface area contributed by atoms with Crippen molar-refractivity contribution in [3.05, 3.63) is 23.3 Å². The van der Waals surface area contributed by atoms with Crippen LogP contribution in [0.5, 0.6) is 11.5 Å². The minimum absolute atomic E-state index is 0.162. The van der Waals surface area contributed by atoms with Crippen molar-refractivity contribution in [2.45, 2.75) is 49.0 Å². The third-order valence-electron chi connectivity index (χ3n) is 7.55. The quantitative estimate of drug-likeness (QED) is 0.813. The number of aromatic hydroxyl groups is 1. The monoisotopic (exact) mass is 377 g/mol.